The average Bonchev–Trinajstić information content (AvgIpc) is 3.12. The first-order valence-electron chi connectivity index (χ1n) is 8.21. The monoisotopic (exact) mass is 335 g/mol. The van der Waals surface area contributed by atoms with Crippen molar-refractivity contribution in [1.29, 1.82) is 0 Å². The number of aromatic nitrogens is 1. The van der Waals surface area contributed by atoms with Gasteiger partial charge in [0, 0.05) is 6.54 Å². The molecule has 3 N–H and O–H groups in total. The Kier molecular flexibility index (Phi) is 5.26. The van der Waals surface area contributed by atoms with Crippen LogP contribution in [0.5, 0.6) is 0 Å². The highest BCUT2D eigenvalue weighted by Gasteiger charge is 2.17. The van der Waals surface area contributed by atoms with E-state index in [1.54, 1.807) is 0 Å². The summed E-state index contributed by atoms with van der Waals surface area (Å²) in [7, 11) is 0. The number of oxazole rings is 1. The number of aryl methyl sites for hydroxylation is 1. The third kappa shape index (κ3) is 4.33. The summed E-state index contributed by atoms with van der Waals surface area (Å²) in [5, 5.41) is 2.86. The molecule has 1 heterocycles. The Morgan fingerprint density at radius 1 is 1.16 bits per heavy atom. The summed E-state index contributed by atoms with van der Waals surface area (Å²) in [4.78, 5) is 16.5. The van der Waals surface area contributed by atoms with Gasteiger partial charge in [-0.05, 0) is 30.0 Å². The number of nitrogens with one attached hydrogen (secondary N) is 1. The van der Waals surface area contributed by atoms with Crippen LogP contribution in [0.25, 0.3) is 0 Å². The molecule has 1 aromatic heterocycles. The van der Waals surface area contributed by atoms with Crippen molar-refractivity contribution in [3.63, 3.8) is 0 Å². The van der Waals surface area contributed by atoms with E-state index in [1.165, 1.54) is 6.26 Å². The molecular weight excluding hydrogens is 314 g/mol. The molecule has 0 radical (unpaired) electrons. The Labute approximate surface area is 146 Å². The molecular formula is C20H21N3O2. The second-order valence-electron chi connectivity index (χ2n) is 5.98. The molecule has 3 aromatic rings. The van der Waals surface area contributed by atoms with Crippen molar-refractivity contribution in [2.24, 2.45) is 5.73 Å². The first kappa shape index (κ1) is 16.9. The molecule has 0 fully saturated rings. The third-order valence-corrected chi connectivity index (χ3v) is 4.07. The van der Waals surface area contributed by atoms with Crippen LogP contribution in [0.4, 0.5) is 0 Å². The van der Waals surface area contributed by atoms with E-state index in [0.29, 0.717) is 18.9 Å². The number of carbonyl (C=O) groups excluding carboxylic acids is 1. The van der Waals surface area contributed by atoms with Crippen LogP contribution < -0.4 is 11.1 Å². The molecule has 2 aromatic carbocycles. The van der Waals surface area contributed by atoms with Crippen molar-refractivity contribution in [1.82, 2.24) is 10.3 Å². The second-order valence-corrected chi connectivity index (χ2v) is 5.98. The molecule has 1 unspecified atom stereocenters. The predicted molar refractivity (Wildman–Crippen MR) is 95.9 cm³/mol. The topological polar surface area (TPSA) is 81.2 Å². The standard InChI is InChI=1S/C20H21N3O2/c1-14-7-5-6-10-16(14)12-22-19(24)18-13-25-20(23-18)17(21)11-15-8-3-2-4-9-15/h2-10,13,17H,11-12,21H2,1H3,(H,22,24). The molecule has 0 saturated heterocycles. The van der Waals surface area contributed by atoms with E-state index in [-0.39, 0.29) is 17.6 Å². The molecule has 0 saturated carbocycles. The summed E-state index contributed by atoms with van der Waals surface area (Å²) >= 11 is 0. The molecule has 3 rings (SSSR count). The maximum Gasteiger partial charge on any atom is 0.273 e. The molecule has 5 heteroatoms. The minimum absolute atomic E-state index is 0.243. The van der Waals surface area contributed by atoms with Crippen LogP contribution in [0.1, 0.15) is 39.1 Å². The van der Waals surface area contributed by atoms with Gasteiger partial charge in [0.1, 0.15) is 6.26 Å². The fourth-order valence-corrected chi connectivity index (χ4v) is 2.59. The molecule has 1 atom stereocenters. The van der Waals surface area contributed by atoms with Crippen LogP contribution in [0, 0.1) is 6.92 Å². The van der Waals surface area contributed by atoms with Gasteiger partial charge in [-0.1, -0.05) is 54.6 Å². The van der Waals surface area contributed by atoms with Crippen molar-refractivity contribution in [3.05, 3.63) is 89.1 Å². The fraction of sp³-hybridized carbons (Fsp3) is 0.200. The van der Waals surface area contributed by atoms with E-state index in [2.05, 4.69) is 10.3 Å². The van der Waals surface area contributed by atoms with Crippen molar-refractivity contribution in [3.8, 4) is 0 Å². The Morgan fingerprint density at radius 3 is 2.64 bits per heavy atom. The van der Waals surface area contributed by atoms with Crippen LogP contribution in [0.3, 0.4) is 0 Å². The summed E-state index contributed by atoms with van der Waals surface area (Å²) in [6.07, 6.45) is 1.96. The average molecular weight is 335 g/mol. The van der Waals surface area contributed by atoms with E-state index >= 15 is 0 Å². The van der Waals surface area contributed by atoms with Gasteiger partial charge in [-0.25, -0.2) is 4.98 Å². The molecule has 128 valence electrons. The lowest BCUT2D eigenvalue weighted by molar-refractivity contribution is 0.0946. The minimum Gasteiger partial charge on any atom is -0.446 e. The van der Waals surface area contributed by atoms with Gasteiger partial charge in [0.15, 0.2) is 5.69 Å². The van der Waals surface area contributed by atoms with Crippen molar-refractivity contribution in [2.75, 3.05) is 0 Å². The van der Waals surface area contributed by atoms with Crippen LogP contribution in [-0.4, -0.2) is 10.9 Å². The molecule has 5 nitrogen and oxygen atoms in total. The smallest absolute Gasteiger partial charge is 0.273 e. The van der Waals surface area contributed by atoms with Crippen LogP contribution in [0.2, 0.25) is 0 Å². The zero-order valence-corrected chi connectivity index (χ0v) is 14.1. The molecule has 25 heavy (non-hydrogen) atoms. The van der Waals surface area contributed by atoms with Gasteiger partial charge >= 0.3 is 0 Å². The molecule has 0 spiro atoms. The molecule has 0 aliphatic rings. The van der Waals surface area contributed by atoms with E-state index in [9.17, 15) is 4.79 Å². The maximum absolute atomic E-state index is 12.2. The number of amides is 1. The number of hydrogen-bond donors (Lipinski definition) is 2. The summed E-state index contributed by atoms with van der Waals surface area (Å²) in [6, 6.07) is 17.4. The zero-order valence-electron chi connectivity index (χ0n) is 14.1. The van der Waals surface area contributed by atoms with Crippen LogP contribution in [-0.2, 0) is 13.0 Å². The molecule has 0 aliphatic heterocycles. The summed E-state index contributed by atoms with van der Waals surface area (Å²) < 4.78 is 5.40. The summed E-state index contributed by atoms with van der Waals surface area (Å²) in [5.74, 6) is 0.0926. The summed E-state index contributed by atoms with van der Waals surface area (Å²) in [6.45, 7) is 2.46. The van der Waals surface area contributed by atoms with Gasteiger partial charge in [0.2, 0.25) is 5.89 Å². The van der Waals surface area contributed by atoms with Gasteiger partial charge in [-0.15, -0.1) is 0 Å². The number of hydrogen-bond acceptors (Lipinski definition) is 4. The quantitative estimate of drug-likeness (QED) is 0.725. The Hall–Kier alpha value is -2.92. The number of nitrogens with zero attached hydrogens (tertiary/aromatic N) is 1. The lowest BCUT2D eigenvalue weighted by Gasteiger charge is -2.07. The minimum atomic E-state index is -0.389. The number of nitrogens with two attached hydrogens (primary N) is 1. The van der Waals surface area contributed by atoms with Crippen LogP contribution in [0.15, 0.2) is 65.3 Å². The summed E-state index contributed by atoms with van der Waals surface area (Å²) in [5.41, 5.74) is 9.68. The van der Waals surface area contributed by atoms with Gasteiger partial charge in [-0.2, -0.15) is 0 Å². The first-order valence-corrected chi connectivity index (χ1v) is 8.21. The molecule has 0 bridgehead atoms. The Balaban J connectivity index is 1.60. The van der Waals surface area contributed by atoms with Gasteiger partial charge in [-0.3, -0.25) is 4.79 Å². The highest BCUT2D eigenvalue weighted by Crippen LogP contribution is 2.16. The van der Waals surface area contributed by atoms with Crippen molar-refractivity contribution >= 4 is 5.91 Å². The predicted octanol–water partition coefficient (Wildman–Crippen LogP) is 3.16. The fourth-order valence-electron chi connectivity index (χ4n) is 2.59. The third-order valence-electron chi connectivity index (χ3n) is 4.07. The van der Waals surface area contributed by atoms with Gasteiger partial charge in [0.25, 0.3) is 5.91 Å². The lowest BCUT2D eigenvalue weighted by Crippen LogP contribution is -2.24. The highest BCUT2D eigenvalue weighted by atomic mass is 16.3. The normalized spacial score (nSPS) is 11.9. The Morgan fingerprint density at radius 2 is 1.88 bits per heavy atom. The number of rotatable bonds is 6. The first-order chi connectivity index (χ1) is 12.1. The van der Waals surface area contributed by atoms with E-state index in [1.807, 2.05) is 61.5 Å². The second kappa shape index (κ2) is 7.77. The highest BCUT2D eigenvalue weighted by molar-refractivity contribution is 5.91. The SMILES string of the molecule is Cc1ccccc1CNC(=O)c1coc(C(N)Cc2ccccc2)n1. The Bertz CT molecular complexity index is 843. The van der Waals surface area contributed by atoms with Gasteiger partial charge < -0.3 is 15.5 Å². The number of carbonyl (C=O) groups is 1. The van der Waals surface area contributed by atoms with Crippen molar-refractivity contribution in [2.45, 2.75) is 25.9 Å². The lowest BCUT2D eigenvalue weighted by atomic mass is 10.1. The van der Waals surface area contributed by atoms with Crippen molar-refractivity contribution < 1.29 is 9.21 Å². The van der Waals surface area contributed by atoms with Crippen LogP contribution >= 0.6 is 0 Å². The van der Waals surface area contributed by atoms with Gasteiger partial charge in [0.05, 0.1) is 6.04 Å². The largest absolute Gasteiger partial charge is 0.446 e. The molecule has 0 aliphatic carbocycles. The number of benzene rings is 2. The molecule has 1 amide bonds. The van der Waals surface area contributed by atoms with E-state index in [0.717, 1.165) is 16.7 Å². The van der Waals surface area contributed by atoms with E-state index in [4.69, 9.17) is 10.2 Å². The van der Waals surface area contributed by atoms with E-state index < -0.39 is 0 Å². The zero-order chi connectivity index (χ0) is 17.6. The maximum atomic E-state index is 12.2.